The van der Waals surface area contributed by atoms with Crippen LogP contribution >= 0.6 is 0 Å². The molecular formula is C17H11F3O4. The second-order valence-electron chi connectivity index (χ2n) is 5.30. The molecular weight excluding hydrogens is 325 g/mol. The molecule has 0 saturated carbocycles. The summed E-state index contributed by atoms with van der Waals surface area (Å²) < 4.78 is 43.4. The van der Waals surface area contributed by atoms with Crippen LogP contribution in [-0.4, -0.2) is 10.2 Å². The first kappa shape index (κ1) is 15.9. The van der Waals surface area contributed by atoms with Crippen LogP contribution in [-0.2, 0) is 6.18 Å². The molecule has 0 saturated heterocycles. The molecule has 0 aliphatic rings. The van der Waals surface area contributed by atoms with Gasteiger partial charge in [-0.25, -0.2) is 0 Å². The summed E-state index contributed by atoms with van der Waals surface area (Å²) in [7, 11) is 0. The van der Waals surface area contributed by atoms with Crippen molar-refractivity contribution in [3.63, 3.8) is 0 Å². The second kappa shape index (κ2) is 5.30. The van der Waals surface area contributed by atoms with E-state index in [-0.39, 0.29) is 33.6 Å². The highest BCUT2D eigenvalue weighted by atomic mass is 19.4. The van der Waals surface area contributed by atoms with Gasteiger partial charge in [-0.2, -0.15) is 13.2 Å². The summed E-state index contributed by atoms with van der Waals surface area (Å²) in [6, 6.07) is 6.34. The third kappa shape index (κ3) is 2.58. The largest absolute Gasteiger partial charge is 0.508 e. The summed E-state index contributed by atoms with van der Waals surface area (Å²) >= 11 is 0. The summed E-state index contributed by atoms with van der Waals surface area (Å²) in [5.74, 6) is -0.655. The van der Waals surface area contributed by atoms with E-state index in [9.17, 15) is 28.2 Å². The maximum absolute atomic E-state index is 12.6. The predicted octanol–water partition coefficient (Wildman–Crippen LogP) is 4.20. The summed E-state index contributed by atoms with van der Waals surface area (Å²) in [4.78, 5) is 12.4. The summed E-state index contributed by atoms with van der Waals surface area (Å²) in [5, 5.41) is 19.2. The van der Waals surface area contributed by atoms with Crippen molar-refractivity contribution in [3.8, 4) is 22.8 Å². The number of hydrogen-bond donors (Lipinski definition) is 2. The molecule has 0 aliphatic heterocycles. The number of rotatable bonds is 1. The van der Waals surface area contributed by atoms with E-state index in [0.29, 0.717) is 0 Å². The van der Waals surface area contributed by atoms with Crippen LogP contribution < -0.4 is 5.43 Å². The number of halogens is 3. The molecule has 0 amide bonds. The fourth-order valence-electron chi connectivity index (χ4n) is 2.46. The van der Waals surface area contributed by atoms with E-state index in [0.717, 1.165) is 24.3 Å². The molecule has 0 fully saturated rings. The van der Waals surface area contributed by atoms with Crippen LogP contribution in [0.2, 0.25) is 0 Å². The number of fused-ring (bicyclic) bond motifs is 1. The fraction of sp³-hybridized carbons (Fsp3) is 0.118. The number of alkyl halides is 3. The van der Waals surface area contributed by atoms with Gasteiger partial charge in [0.05, 0.1) is 5.56 Å². The smallest absolute Gasteiger partial charge is 0.416 e. The van der Waals surface area contributed by atoms with Gasteiger partial charge in [0.15, 0.2) is 5.43 Å². The van der Waals surface area contributed by atoms with Crippen LogP contribution in [0.3, 0.4) is 0 Å². The lowest BCUT2D eigenvalue weighted by molar-refractivity contribution is -0.137. The highest BCUT2D eigenvalue weighted by molar-refractivity contribution is 5.87. The lowest BCUT2D eigenvalue weighted by Gasteiger charge is -2.10. The van der Waals surface area contributed by atoms with E-state index in [2.05, 4.69) is 0 Å². The van der Waals surface area contributed by atoms with E-state index >= 15 is 0 Å². The van der Waals surface area contributed by atoms with Gasteiger partial charge < -0.3 is 14.6 Å². The van der Waals surface area contributed by atoms with Crippen LogP contribution in [0.4, 0.5) is 13.2 Å². The minimum absolute atomic E-state index is 0.0574. The highest BCUT2D eigenvalue weighted by Crippen LogP contribution is 2.34. The zero-order valence-corrected chi connectivity index (χ0v) is 12.3. The minimum atomic E-state index is -4.46. The summed E-state index contributed by atoms with van der Waals surface area (Å²) in [6.07, 6.45) is -4.46. The molecule has 2 aromatic carbocycles. The van der Waals surface area contributed by atoms with Crippen LogP contribution in [0.15, 0.2) is 45.6 Å². The Hall–Kier alpha value is -2.96. The van der Waals surface area contributed by atoms with E-state index < -0.39 is 22.9 Å². The molecule has 1 heterocycles. The first-order chi connectivity index (χ1) is 11.2. The van der Waals surface area contributed by atoms with Crippen molar-refractivity contribution in [2.45, 2.75) is 13.1 Å². The zero-order valence-electron chi connectivity index (χ0n) is 12.3. The van der Waals surface area contributed by atoms with Gasteiger partial charge in [-0.1, -0.05) is 12.1 Å². The SMILES string of the molecule is Cc1c(-c2ccc(C(F)(F)F)cc2)oc2cc(O)cc(O)c2c1=O. The van der Waals surface area contributed by atoms with E-state index in [1.54, 1.807) is 0 Å². The second-order valence-corrected chi connectivity index (χ2v) is 5.30. The molecule has 24 heavy (non-hydrogen) atoms. The van der Waals surface area contributed by atoms with E-state index in [1.807, 2.05) is 0 Å². The van der Waals surface area contributed by atoms with Gasteiger partial charge in [0.25, 0.3) is 0 Å². The molecule has 124 valence electrons. The van der Waals surface area contributed by atoms with Crippen molar-refractivity contribution in [1.82, 2.24) is 0 Å². The van der Waals surface area contributed by atoms with Crippen molar-refractivity contribution in [2.75, 3.05) is 0 Å². The standard InChI is InChI=1S/C17H11F3O4/c1-8-15(23)14-12(22)6-11(21)7-13(14)24-16(8)9-2-4-10(5-3-9)17(18,19)20/h2-7,21-22H,1H3. The molecule has 4 nitrogen and oxygen atoms in total. The summed E-state index contributed by atoms with van der Waals surface area (Å²) in [5.41, 5.74) is -0.977. The molecule has 7 heteroatoms. The minimum Gasteiger partial charge on any atom is -0.508 e. The maximum atomic E-state index is 12.6. The van der Waals surface area contributed by atoms with Gasteiger partial charge in [-0.15, -0.1) is 0 Å². The molecule has 0 radical (unpaired) electrons. The van der Waals surface area contributed by atoms with E-state index in [4.69, 9.17) is 4.42 Å². The molecule has 2 N–H and O–H groups in total. The molecule has 1 aromatic heterocycles. The van der Waals surface area contributed by atoms with E-state index in [1.165, 1.54) is 19.1 Å². The van der Waals surface area contributed by atoms with Crippen LogP contribution in [0, 0.1) is 6.92 Å². The third-order valence-corrected chi connectivity index (χ3v) is 3.66. The lowest BCUT2D eigenvalue weighted by atomic mass is 10.0. The van der Waals surface area contributed by atoms with Crippen molar-refractivity contribution in [1.29, 1.82) is 0 Å². The number of phenolic OH excluding ortho intramolecular Hbond substituents is 2. The molecule has 3 aromatic rings. The third-order valence-electron chi connectivity index (χ3n) is 3.66. The quantitative estimate of drug-likeness (QED) is 0.699. The average molecular weight is 336 g/mol. The Kier molecular flexibility index (Phi) is 3.51. The van der Waals surface area contributed by atoms with Gasteiger partial charge in [0.2, 0.25) is 0 Å². The van der Waals surface area contributed by atoms with Gasteiger partial charge in [-0.3, -0.25) is 4.79 Å². The molecule has 0 spiro atoms. The summed E-state index contributed by atoms with van der Waals surface area (Å²) in [6.45, 7) is 1.45. The van der Waals surface area contributed by atoms with Gasteiger partial charge in [0, 0.05) is 23.3 Å². The van der Waals surface area contributed by atoms with Gasteiger partial charge in [-0.05, 0) is 19.1 Å². The van der Waals surface area contributed by atoms with Crippen LogP contribution in [0.5, 0.6) is 11.5 Å². The molecule has 0 unspecified atom stereocenters. The van der Waals surface area contributed by atoms with Crippen LogP contribution in [0.25, 0.3) is 22.3 Å². The Balaban J connectivity index is 2.24. The first-order valence-corrected chi connectivity index (χ1v) is 6.85. The Morgan fingerprint density at radius 3 is 2.25 bits per heavy atom. The van der Waals surface area contributed by atoms with Crippen molar-refractivity contribution in [2.24, 2.45) is 0 Å². The fourth-order valence-corrected chi connectivity index (χ4v) is 2.46. The number of aromatic hydroxyl groups is 2. The maximum Gasteiger partial charge on any atom is 0.416 e. The van der Waals surface area contributed by atoms with Gasteiger partial charge >= 0.3 is 6.18 Å². The number of hydrogen-bond acceptors (Lipinski definition) is 4. The highest BCUT2D eigenvalue weighted by Gasteiger charge is 2.30. The lowest BCUT2D eigenvalue weighted by Crippen LogP contribution is -2.08. The van der Waals surface area contributed by atoms with Crippen LogP contribution in [0.1, 0.15) is 11.1 Å². The van der Waals surface area contributed by atoms with Crippen molar-refractivity contribution in [3.05, 3.63) is 57.7 Å². The Bertz CT molecular complexity index is 986. The van der Waals surface area contributed by atoms with Gasteiger partial charge in [0.1, 0.15) is 28.2 Å². The zero-order chi connectivity index (χ0) is 17.6. The average Bonchev–Trinajstić information content (AvgIpc) is 2.49. The number of phenols is 2. The molecule has 0 atom stereocenters. The molecule has 0 bridgehead atoms. The predicted molar refractivity (Wildman–Crippen MR) is 81.0 cm³/mol. The molecule has 0 aliphatic carbocycles. The van der Waals surface area contributed by atoms with Crippen molar-refractivity contribution < 1.29 is 27.8 Å². The molecule has 3 rings (SSSR count). The number of benzene rings is 2. The Labute approximate surface area is 133 Å². The van der Waals surface area contributed by atoms with Crippen molar-refractivity contribution >= 4 is 11.0 Å². The Morgan fingerprint density at radius 1 is 1.04 bits per heavy atom. The monoisotopic (exact) mass is 336 g/mol. The Morgan fingerprint density at radius 2 is 1.67 bits per heavy atom. The first-order valence-electron chi connectivity index (χ1n) is 6.85. The normalized spacial score (nSPS) is 11.8. The topological polar surface area (TPSA) is 70.7 Å².